The number of hydrogen-bond donors (Lipinski definition) is 0. The van der Waals surface area contributed by atoms with Gasteiger partial charge in [0.15, 0.2) is 0 Å². The number of fused-ring (bicyclic) bond motifs is 6. The minimum Gasteiger partial charge on any atom is -0.399 e. The molecular weight excluding hydrogens is 1090 g/mol. The average molecular weight is 1150 g/mol. The minimum absolute atomic E-state index is 0.292. The van der Waals surface area contributed by atoms with E-state index in [-0.39, 0.29) is 18.3 Å². The number of aromatic nitrogens is 4. The molecule has 8 heteroatoms. The Morgan fingerprint density at radius 1 is 0.310 bits per heavy atom. The first-order valence-corrected chi connectivity index (χ1v) is 29.3. The fourth-order valence-corrected chi connectivity index (χ4v) is 11.4. The molecule has 406 valence electrons. The molecule has 1 fully saturated rings. The van der Waals surface area contributed by atoms with Gasteiger partial charge >= 0.3 is 7.12 Å². The van der Waals surface area contributed by atoms with Gasteiger partial charge in [0.2, 0.25) is 0 Å². The Bertz CT molecular complexity index is 4440. The molecule has 0 spiro atoms. The van der Waals surface area contributed by atoms with Gasteiger partial charge < -0.3 is 18.4 Å². The highest BCUT2D eigenvalue weighted by molar-refractivity contribution is 9.10. The van der Waals surface area contributed by atoms with Gasteiger partial charge in [0.1, 0.15) is 0 Å². The van der Waals surface area contributed by atoms with Crippen LogP contribution in [0.25, 0.3) is 111 Å². The van der Waals surface area contributed by atoms with E-state index in [1.165, 1.54) is 71.4 Å². The van der Waals surface area contributed by atoms with Crippen molar-refractivity contribution in [1.82, 2.24) is 19.1 Å². The van der Waals surface area contributed by atoms with Crippen LogP contribution in [0.4, 0.5) is 0 Å². The second-order valence-electron chi connectivity index (χ2n) is 22.1. The molecular formula is C76H60BBrN4O2. The third-order valence-electron chi connectivity index (χ3n) is 16.4. The topological polar surface area (TPSA) is 54.1 Å². The van der Waals surface area contributed by atoms with Gasteiger partial charge in [-0.3, -0.25) is 9.97 Å². The van der Waals surface area contributed by atoms with E-state index in [9.17, 15) is 0 Å². The van der Waals surface area contributed by atoms with E-state index >= 15 is 0 Å². The van der Waals surface area contributed by atoms with Crippen molar-refractivity contribution in [1.29, 1.82) is 0 Å². The molecule has 10 aromatic carbocycles. The minimum atomic E-state index is -0.296. The van der Waals surface area contributed by atoms with Crippen LogP contribution >= 0.6 is 15.9 Å². The zero-order chi connectivity index (χ0) is 57.2. The number of benzene rings is 10. The number of para-hydroxylation sites is 4. The summed E-state index contributed by atoms with van der Waals surface area (Å²) in [6.07, 6.45) is 3.80. The molecule has 0 amide bonds. The Kier molecular flexibility index (Phi) is 14.8. The van der Waals surface area contributed by atoms with Gasteiger partial charge in [0.05, 0.1) is 44.7 Å². The molecule has 0 unspecified atom stereocenters. The zero-order valence-corrected chi connectivity index (χ0v) is 48.9. The Labute approximate surface area is 499 Å². The average Bonchev–Trinajstić information content (AvgIpc) is 4.35. The standard InChI is InChI=1S/C35H24N2.C23H15BrN2.C18H21BO2/c1-2-8-25(9-3-1)26-14-16-27(17-15-26)29-20-23-33(36-24-29)28-18-21-30(22-19-28)37-34-12-6-4-10-31(34)32-11-5-7-13-35(32)37;24-17-11-14-21(25-15-17)16-9-12-18(13-10-16)26-22-7-3-1-5-19(22)20-6-2-4-8-23(20)26;1-17(2)18(3,4)21-19(20-17)16-12-10-15(11-13-16)14-8-6-5-7-9-14/h1-24H;1-15H;5-13H,1-4H3. The summed E-state index contributed by atoms with van der Waals surface area (Å²) in [5.74, 6) is 0. The molecule has 0 atom stereocenters. The summed E-state index contributed by atoms with van der Waals surface area (Å²) < 4.78 is 17.8. The van der Waals surface area contributed by atoms with Crippen LogP contribution in [0.2, 0.25) is 0 Å². The summed E-state index contributed by atoms with van der Waals surface area (Å²) >= 11 is 3.44. The fraction of sp³-hybridized carbons (Fsp3) is 0.0789. The van der Waals surface area contributed by atoms with Crippen LogP contribution in [0.1, 0.15) is 27.7 Å². The summed E-state index contributed by atoms with van der Waals surface area (Å²) in [4.78, 5) is 9.28. The lowest BCUT2D eigenvalue weighted by Gasteiger charge is -2.32. The van der Waals surface area contributed by atoms with E-state index in [2.05, 4.69) is 313 Å². The maximum atomic E-state index is 6.07. The van der Waals surface area contributed by atoms with E-state index in [1.807, 2.05) is 36.7 Å². The number of nitrogens with zero attached hydrogens (tertiary/aromatic N) is 4. The maximum absolute atomic E-state index is 6.07. The lowest BCUT2D eigenvalue weighted by Crippen LogP contribution is -2.41. The van der Waals surface area contributed by atoms with Crippen LogP contribution in [0, 0.1) is 0 Å². The predicted molar refractivity (Wildman–Crippen MR) is 354 cm³/mol. The molecule has 14 aromatic rings. The maximum Gasteiger partial charge on any atom is 0.494 e. The van der Waals surface area contributed by atoms with Crippen molar-refractivity contribution in [3.05, 3.63) is 296 Å². The van der Waals surface area contributed by atoms with E-state index in [1.54, 1.807) is 0 Å². The second-order valence-corrected chi connectivity index (χ2v) is 23.1. The normalized spacial score (nSPS) is 13.4. The smallest absolute Gasteiger partial charge is 0.399 e. The molecule has 84 heavy (non-hydrogen) atoms. The SMILES string of the molecule is Brc1ccc(-c2ccc(-n3c4ccccc4c4ccccc43)cc2)nc1.CC1(C)OB(c2ccc(-c3ccccc3)cc2)OC1(C)C.c1ccc(-c2ccc(-c3ccc(-c4ccc(-n5c6ccccc6c6ccccc65)cc4)nc3)cc2)cc1. The Balaban J connectivity index is 0.000000123. The first kappa shape index (κ1) is 53.9. The van der Waals surface area contributed by atoms with Crippen LogP contribution in [0.3, 0.4) is 0 Å². The summed E-state index contributed by atoms with van der Waals surface area (Å²) in [7, 11) is -0.292. The summed E-state index contributed by atoms with van der Waals surface area (Å²) in [5, 5.41) is 5.11. The molecule has 5 heterocycles. The van der Waals surface area contributed by atoms with Crippen molar-refractivity contribution in [3.8, 4) is 67.3 Å². The zero-order valence-electron chi connectivity index (χ0n) is 47.3. The molecule has 0 bridgehead atoms. The summed E-state index contributed by atoms with van der Waals surface area (Å²) in [6, 6.07) is 97.8. The first-order chi connectivity index (χ1) is 41.0. The monoisotopic (exact) mass is 1150 g/mol. The highest BCUT2D eigenvalue weighted by atomic mass is 79.9. The molecule has 0 saturated carbocycles. The summed E-state index contributed by atoms with van der Waals surface area (Å²) in [5.41, 5.74) is 19.0. The van der Waals surface area contributed by atoms with E-state index in [0.717, 1.165) is 49.4 Å². The van der Waals surface area contributed by atoms with Gasteiger partial charge in [-0.2, -0.15) is 0 Å². The largest absolute Gasteiger partial charge is 0.494 e. The van der Waals surface area contributed by atoms with Crippen molar-refractivity contribution in [2.24, 2.45) is 0 Å². The van der Waals surface area contributed by atoms with Crippen LogP contribution < -0.4 is 5.46 Å². The van der Waals surface area contributed by atoms with Crippen LogP contribution in [0.5, 0.6) is 0 Å². The number of pyridine rings is 2. The third kappa shape index (κ3) is 10.8. The van der Waals surface area contributed by atoms with Gasteiger partial charge in [0, 0.05) is 66.5 Å². The quantitative estimate of drug-likeness (QED) is 0.142. The molecule has 1 aliphatic rings. The second kappa shape index (κ2) is 23.1. The molecule has 0 aliphatic carbocycles. The van der Waals surface area contributed by atoms with Crippen molar-refractivity contribution in [3.63, 3.8) is 0 Å². The van der Waals surface area contributed by atoms with Crippen molar-refractivity contribution in [2.45, 2.75) is 38.9 Å². The van der Waals surface area contributed by atoms with Crippen LogP contribution in [-0.4, -0.2) is 37.4 Å². The van der Waals surface area contributed by atoms with Gasteiger partial charge in [-0.25, -0.2) is 0 Å². The fourth-order valence-electron chi connectivity index (χ4n) is 11.2. The number of hydrogen-bond acceptors (Lipinski definition) is 4. The van der Waals surface area contributed by atoms with Gasteiger partial charge in [-0.15, -0.1) is 0 Å². The molecule has 15 rings (SSSR count). The lowest BCUT2D eigenvalue weighted by atomic mass is 9.78. The molecule has 0 radical (unpaired) electrons. The Hall–Kier alpha value is -9.44. The third-order valence-corrected chi connectivity index (χ3v) is 16.8. The van der Waals surface area contributed by atoms with E-state index in [0.29, 0.717) is 0 Å². The van der Waals surface area contributed by atoms with Crippen molar-refractivity contribution >= 4 is 72.1 Å². The van der Waals surface area contributed by atoms with Gasteiger partial charge in [0.25, 0.3) is 0 Å². The van der Waals surface area contributed by atoms with E-state index in [4.69, 9.17) is 14.3 Å². The predicted octanol–water partition coefficient (Wildman–Crippen LogP) is 19.4. The van der Waals surface area contributed by atoms with Crippen LogP contribution in [-0.2, 0) is 9.31 Å². The van der Waals surface area contributed by atoms with Crippen LogP contribution in [0.15, 0.2) is 296 Å². The molecule has 1 aliphatic heterocycles. The highest BCUT2D eigenvalue weighted by Gasteiger charge is 2.51. The van der Waals surface area contributed by atoms with E-state index < -0.39 is 0 Å². The molecule has 0 N–H and O–H groups in total. The molecule has 4 aromatic heterocycles. The summed E-state index contributed by atoms with van der Waals surface area (Å²) in [6.45, 7) is 8.30. The number of halogens is 1. The Morgan fingerprint density at radius 3 is 0.988 bits per heavy atom. The lowest BCUT2D eigenvalue weighted by molar-refractivity contribution is 0.00578. The first-order valence-electron chi connectivity index (χ1n) is 28.5. The van der Waals surface area contributed by atoms with Gasteiger partial charge in [-0.05, 0) is 144 Å². The molecule has 1 saturated heterocycles. The van der Waals surface area contributed by atoms with Crippen molar-refractivity contribution in [2.75, 3.05) is 0 Å². The Morgan fingerprint density at radius 2 is 0.619 bits per heavy atom. The number of rotatable bonds is 8. The van der Waals surface area contributed by atoms with Crippen molar-refractivity contribution < 1.29 is 9.31 Å². The molecule has 6 nitrogen and oxygen atoms in total. The highest BCUT2D eigenvalue weighted by Crippen LogP contribution is 2.38. The van der Waals surface area contributed by atoms with Gasteiger partial charge in [-0.1, -0.05) is 212 Å².